The van der Waals surface area contributed by atoms with E-state index in [4.69, 9.17) is 0 Å². The van der Waals surface area contributed by atoms with Gasteiger partial charge in [-0.1, -0.05) is 46.5 Å². The van der Waals surface area contributed by atoms with E-state index in [1.807, 2.05) is 0 Å². The van der Waals surface area contributed by atoms with Crippen molar-refractivity contribution in [3.8, 4) is 0 Å². The predicted molar refractivity (Wildman–Crippen MR) is 80.7 cm³/mol. The van der Waals surface area contributed by atoms with Crippen LogP contribution in [0.25, 0.3) is 0 Å². The highest BCUT2D eigenvalue weighted by molar-refractivity contribution is 5.11. The lowest BCUT2D eigenvalue weighted by molar-refractivity contribution is 0.231. The molecule has 1 saturated carbocycles. The summed E-state index contributed by atoms with van der Waals surface area (Å²) in [7, 11) is 0. The van der Waals surface area contributed by atoms with E-state index in [-0.39, 0.29) is 5.41 Å². The van der Waals surface area contributed by atoms with Crippen LogP contribution < -0.4 is 5.32 Å². The Balaban J connectivity index is 1.89. The van der Waals surface area contributed by atoms with Crippen LogP contribution in [0.1, 0.15) is 82.9 Å². The van der Waals surface area contributed by atoms with Gasteiger partial charge in [0.1, 0.15) is 5.82 Å². The molecule has 1 fully saturated rings. The zero-order valence-electron chi connectivity index (χ0n) is 13.2. The number of nitrogens with one attached hydrogen (secondary N) is 1. The van der Waals surface area contributed by atoms with Crippen molar-refractivity contribution in [1.29, 1.82) is 0 Å². The van der Waals surface area contributed by atoms with Crippen molar-refractivity contribution in [1.82, 2.24) is 20.1 Å². The van der Waals surface area contributed by atoms with Crippen molar-refractivity contribution < 1.29 is 0 Å². The lowest BCUT2D eigenvalue weighted by Crippen LogP contribution is -2.41. The van der Waals surface area contributed by atoms with Gasteiger partial charge in [0.15, 0.2) is 5.82 Å². The van der Waals surface area contributed by atoms with Crippen molar-refractivity contribution in [2.75, 3.05) is 6.54 Å². The molecule has 4 nitrogen and oxygen atoms in total. The summed E-state index contributed by atoms with van der Waals surface area (Å²) in [5.41, 5.74) is 0.186. The molecule has 2 heterocycles. The van der Waals surface area contributed by atoms with Gasteiger partial charge in [-0.25, -0.2) is 0 Å². The largest absolute Gasteiger partial charge is 0.312 e. The van der Waals surface area contributed by atoms with Gasteiger partial charge in [0.2, 0.25) is 0 Å². The second kappa shape index (κ2) is 5.47. The Morgan fingerprint density at radius 1 is 1.00 bits per heavy atom. The molecule has 1 atom stereocenters. The Kier molecular flexibility index (Phi) is 3.85. The Labute approximate surface area is 122 Å². The van der Waals surface area contributed by atoms with Gasteiger partial charge in [-0.3, -0.25) is 0 Å². The fraction of sp³-hybridized carbons (Fsp3) is 0.875. The third-order valence-electron chi connectivity index (χ3n) is 4.84. The summed E-state index contributed by atoms with van der Waals surface area (Å²) in [5, 5.41) is 12.8. The Morgan fingerprint density at radius 2 is 1.65 bits per heavy atom. The van der Waals surface area contributed by atoms with Crippen LogP contribution in [0.5, 0.6) is 0 Å². The SMILES string of the molecule is CC(C)(C)C1NCCn2c(C3CCCCCC3)nnc21. The molecule has 0 saturated heterocycles. The average Bonchev–Trinajstić information content (AvgIpc) is 2.65. The second-order valence-electron chi connectivity index (χ2n) is 7.51. The third-order valence-corrected chi connectivity index (χ3v) is 4.84. The zero-order valence-corrected chi connectivity index (χ0v) is 13.2. The third kappa shape index (κ3) is 2.62. The van der Waals surface area contributed by atoms with E-state index in [0.717, 1.165) is 18.9 Å². The van der Waals surface area contributed by atoms with Crippen LogP contribution in [0.2, 0.25) is 0 Å². The van der Waals surface area contributed by atoms with Gasteiger partial charge >= 0.3 is 0 Å². The minimum Gasteiger partial charge on any atom is -0.312 e. The van der Waals surface area contributed by atoms with Gasteiger partial charge in [-0.05, 0) is 18.3 Å². The first-order chi connectivity index (χ1) is 9.57. The average molecular weight is 276 g/mol. The maximum atomic E-state index is 4.60. The van der Waals surface area contributed by atoms with E-state index >= 15 is 0 Å². The van der Waals surface area contributed by atoms with Gasteiger partial charge in [-0.15, -0.1) is 10.2 Å². The summed E-state index contributed by atoms with van der Waals surface area (Å²) in [6.45, 7) is 8.90. The first-order valence-corrected chi connectivity index (χ1v) is 8.24. The molecule has 4 heteroatoms. The van der Waals surface area contributed by atoms with Crippen molar-refractivity contribution >= 4 is 0 Å². The molecule has 1 aliphatic heterocycles. The summed E-state index contributed by atoms with van der Waals surface area (Å²) in [6.07, 6.45) is 8.09. The zero-order chi connectivity index (χ0) is 14.2. The normalized spacial score (nSPS) is 25.2. The van der Waals surface area contributed by atoms with E-state index < -0.39 is 0 Å². The summed E-state index contributed by atoms with van der Waals surface area (Å²) in [4.78, 5) is 0. The fourth-order valence-corrected chi connectivity index (χ4v) is 3.72. The Bertz CT molecular complexity index is 450. The molecule has 2 aliphatic rings. The second-order valence-corrected chi connectivity index (χ2v) is 7.51. The molecule has 1 aromatic heterocycles. The van der Waals surface area contributed by atoms with Gasteiger partial charge in [0.05, 0.1) is 6.04 Å². The Morgan fingerprint density at radius 3 is 2.30 bits per heavy atom. The predicted octanol–water partition coefficient (Wildman–Crippen LogP) is 3.41. The molecular formula is C16H28N4. The van der Waals surface area contributed by atoms with Crippen LogP contribution in [0, 0.1) is 5.41 Å². The molecule has 0 spiro atoms. The summed E-state index contributed by atoms with van der Waals surface area (Å²) >= 11 is 0. The van der Waals surface area contributed by atoms with E-state index in [9.17, 15) is 0 Å². The van der Waals surface area contributed by atoms with Crippen LogP contribution >= 0.6 is 0 Å². The summed E-state index contributed by atoms with van der Waals surface area (Å²) < 4.78 is 2.42. The van der Waals surface area contributed by atoms with Gasteiger partial charge in [-0.2, -0.15) is 0 Å². The molecular weight excluding hydrogens is 248 g/mol. The maximum absolute atomic E-state index is 4.60. The first kappa shape index (κ1) is 14.1. The summed E-state index contributed by atoms with van der Waals surface area (Å²) in [6, 6.07) is 0.322. The molecule has 1 unspecified atom stereocenters. The molecule has 0 radical (unpaired) electrons. The molecule has 0 aromatic carbocycles. The maximum Gasteiger partial charge on any atom is 0.150 e. The Hall–Kier alpha value is -0.900. The number of hydrogen-bond acceptors (Lipinski definition) is 3. The van der Waals surface area contributed by atoms with Crippen LogP contribution in [0.15, 0.2) is 0 Å². The topological polar surface area (TPSA) is 42.7 Å². The van der Waals surface area contributed by atoms with Crippen LogP contribution in [-0.4, -0.2) is 21.3 Å². The number of hydrogen-bond donors (Lipinski definition) is 1. The van der Waals surface area contributed by atoms with E-state index in [2.05, 4.69) is 40.9 Å². The minimum atomic E-state index is 0.186. The fourth-order valence-electron chi connectivity index (χ4n) is 3.72. The lowest BCUT2D eigenvalue weighted by Gasteiger charge is -2.35. The molecule has 20 heavy (non-hydrogen) atoms. The highest BCUT2D eigenvalue weighted by Crippen LogP contribution is 2.36. The van der Waals surface area contributed by atoms with E-state index in [0.29, 0.717) is 12.0 Å². The highest BCUT2D eigenvalue weighted by atomic mass is 15.3. The number of fused-ring (bicyclic) bond motifs is 1. The smallest absolute Gasteiger partial charge is 0.150 e. The van der Waals surface area contributed by atoms with Crippen molar-refractivity contribution in [2.45, 2.75) is 77.8 Å². The van der Waals surface area contributed by atoms with Gasteiger partial charge < -0.3 is 9.88 Å². The van der Waals surface area contributed by atoms with Gasteiger partial charge in [0, 0.05) is 19.0 Å². The van der Waals surface area contributed by atoms with Crippen LogP contribution in [0.4, 0.5) is 0 Å². The molecule has 1 N–H and O–H groups in total. The summed E-state index contributed by atoms with van der Waals surface area (Å²) in [5.74, 6) is 3.05. The minimum absolute atomic E-state index is 0.186. The molecule has 1 aromatic rings. The number of aromatic nitrogens is 3. The number of nitrogens with zero attached hydrogens (tertiary/aromatic N) is 3. The first-order valence-electron chi connectivity index (χ1n) is 8.24. The van der Waals surface area contributed by atoms with Crippen molar-refractivity contribution in [2.24, 2.45) is 5.41 Å². The lowest BCUT2D eigenvalue weighted by atomic mass is 9.85. The van der Waals surface area contributed by atoms with Crippen LogP contribution in [-0.2, 0) is 6.54 Å². The number of rotatable bonds is 1. The van der Waals surface area contributed by atoms with E-state index in [1.165, 1.54) is 44.3 Å². The molecule has 0 amide bonds. The van der Waals surface area contributed by atoms with Crippen molar-refractivity contribution in [3.63, 3.8) is 0 Å². The van der Waals surface area contributed by atoms with Crippen LogP contribution in [0.3, 0.4) is 0 Å². The molecule has 0 bridgehead atoms. The van der Waals surface area contributed by atoms with E-state index in [1.54, 1.807) is 0 Å². The molecule has 112 valence electrons. The van der Waals surface area contributed by atoms with Gasteiger partial charge in [0.25, 0.3) is 0 Å². The van der Waals surface area contributed by atoms with Crippen molar-refractivity contribution in [3.05, 3.63) is 11.6 Å². The monoisotopic (exact) mass is 276 g/mol. The molecule has 3 rings (SSSR count). The quantitative estimate of drug-likeness (QED) is 0.799. The molecule has 1 aliphatic carbocycles. The standard InChI is InChI=1S/C16H28N4/c1-16(2,3)13-15-19-18-14(20(15)11-10-17-13)12-8-6-4-5-7-9-12/h12-13,17H,4-11H2,1-3H3. The highest BCUT2D eigenvalue weighted by Gasteiger charge is 2.35.